The van der Waals surface area contributed by atoms with Gasteiger partial charge in [0.2, 0.25) is 0 Å². The van der Waals surface area contributed by atoms with Crippen molar-refractivity contribution in [2.45, 2.75) is 308 Å². The van der Waals surface area contributed by atoms with E-state index in [1.807, 2.05) is 0 Å². The van der Waals surface area contributed by atoms with Crippen molar-refractivity contribution in [2.24, 2.45) is 0 Å². The molecule has 69 heavy (non-hydrogen) atoms. The molecule has 0 amide bonds. The average Bonchev–Trinajstić information content (AvgIpc) is 3.36. The summed E-state index contributed by atoms with van der Waals surface area (Å²) >= 11 is 1.04. The normalized spacial score (nSPS) is 11.3. The van der Waals surface area contributed by atoms with Crippen LogP contribution in [-0.4, -0.2) is 10.7 Å². The molecule has 0 saturated heterocycles. The third kappa shape index (κ3) is 36.2. The van der Waals surface area contributed by atoms with Gasteiger partial charge in [-0.3, -0.25) is 0 Å². The van der Waals surface area contributed by atoms with Gasteiger partial charge in [-0.15, -0.1) is 16.6 Å². The molecule has 0 radical (unpaired) electrons. The quantitative estimate of drug-likeness (QED) is 0.0121. The van der Waals surface area contributed by atoms with Crippen LogP contribution in [0.1, 0.15) is 308 Å². The summed E-state index contributed by atoms with van der Waals surface area (Å²) in [6.45, 7) is 13.6. The summed E-state index contributed by atoms with van der Waals surface area (Å²) in [5.74, 6) is 10.2. The van der Waals surface area contributed by atoms with Crippen molar-refractivity contribution in [3.05, 3.63) is 87.5 Å². The fourth-order valence-electron chi connectivity index (χ4n) is 9.68. The molecule has 0 unspecified atom stereocenters. The first-order valence-corrected chi connectivity index (χ1v) is 32.1. The average molecular weight is 1040 g/mol. The van der Waals surface area contributed by atoms with Gasteiger partial charge in [-0.1, -0.05) is 262 Å². The Balaban J connectivity index is 0.00000451. The second-order valence-electron chi connectivity index (χ2n) is 20.0. The molecule has 3 heteroatoms. The van der Waals surface area contributed by atoms with E-state index >= 15 is 0 Å². The summed E-state index contributed by atoms with van der Waals surface area (Å²) in [4.78, 5) is 6.38. The minimum absolute atomic E-state index is 0.896. The molecule has 0 spiro atoms. The molecule has 2 aromatic carbocycles. The van der Waals surface area contributed by atoms with Crippen molar-refractivity contribution >= 4 is 11.4 Å². The molecule has 0 atom stereocenters. The topological polar surface area (TPSA) is 36.4 Å². The number of benzene rings is 2. The van der Waals surface area contributed by atoms with Crippen molar-refractivity contribution < 1.29 is 22.8 Å². The van der Waals surface area contributed by atoms with Gasteiger partial charge in [0.25, 0.3) is 0 Å². The zero-order valence-corrected chi connectivity index (χ0v) is 48.1. The fraction of sp³-hybridized carbons (Fsp3) is 0.727. The molecule has 0 fully saturated rings. The molecule has 0 aromatic heterocycles. The standard InChI is InChI=1S/C62H100N2.2C2H5.Pd/c1-5-9-13-17-19-20-21-22-23-24-25-26-27-28-29-30-31-32-33-34-35-36-37-41-48-57-49-43-44-53-60(57)62(58-51-45-47-56(54-58)46-39-15-11-7-3)61(52-42-38-18-14-10-6-2)59(55-64-63)50-40-16-12-8-4;2*1-2;/h43-45,47,49,51,53-54H,5-34,37-42,46,48,50,52H2,1-4H3;2*1H2,2H3;. The van der Waals surface area contributed by atoms with Crippen LogP contribution in [0, 0.1) is 11.8 Å². The van der Waals surface area contributed by atoms with Crippen molar-refractivity contribution in [1.29, 1.82) is 0 Å². The van der Waals surface area contributed by atoms with Gasteiger partial charge in [0.05, 0.1) is 5.57 Å². The molecule has 0 aliphatic rings. The maximum atomic E-state index is 10.0. The molecule has 0 N–H and O–H groups in total. The Morgan fingerprint density at radius 1 is 0.449 bits per heavy atom. The summed E-state index contributed by atoms with van der Waals surface area (Å²) < 4.78 is 0. The van der Waals surface area contributed by atoms with Gasteiger partial charge in [0, 0.05) is 12.8 Å². The second-order valence-corrected chi connectivity index (χ2v) is 22.9. The van der Waals surface area contributed by atoms with E-state index < -0.39 is 0 Å². The number of hydrogen-bond acceptors (Lipinski definition) is 0. The van der Waals surface area contributed by atoms with Crippen molar-refractivity contribution in [1.82, 2.24) is 0 Å². The maximum absolute atomic E-state index is 10.0. The van der Waals surface area contributed by atoms with Gasteiger partial charge in [-0.2, -0.15) is 0 Å². The van der Waals surface area contributed by atoms with Gasteiger partial charge in [-0.25, -0.2) is 0 Å². The van der Waals surface area contributed by atoms with Crippen molar-refractivity contribution in [2.75, 3.05) is 0 Å². The van der Waals surface area contributed by atoms with Crippen LogP contribution < -0.4 is 0 Å². The Bertz CT molecular complexity index is 1640. The number of aryl methyl sites for hydroxylation is 2. The molecule has 0 bridgehead atoms. The molecule has 0 saturated carbocycles. The van der Waals surface area contributed by atoms with E-state index in [1.165, 1.54) is 242 Å². The predicted octanol–water partition coefficient (Wildman–Crippen LogP) is 22.3. The Morgan fingerprint density at radius 3 is 1.41 bits per heavy atom. The first-order chi connectivity index (χ1) is 34.1. The van der Waals surface area contributed by atoms with Crippen LogP contribution in [0.2, 0.25) is 9.79 Å². The molecule has 2 rings (SSSR count). The van der Waals surface area contributed by atoms with Crippen LogP contribution in [-0.2, 0) is 30.8 Å². The number of rotatable bonds is 44. The Kier molecular flexibility index (Phi) is 47.3. The van der Waals surface area contributed by atoms with E-state index in [0.717, 1.165) is 81.3 Å². The third-order valence-corrected chi connectivity index (χ3v) is 15.4. The molecule has 0 heterocycles. The van der Waals surface area contributed by atoms with Gasteiger partial charge in [0.1, 0.15) is 0 Å². The Hall–Kier alpha value is -2.44. The van der Waals surface area contributed by atoms with E-state index in [2.05, 4.69) is 113 Å². The van der Waals surface area contributed by atoms with Crippen molar-refractivity contribution in [3.8, 4) is 11.8 Å². The molecule has 0 aliphatic carbocycles. The zero-order valence-electron chi connectivity index (χ0n) is 46.5. The van der Waals surface area contributed by atoms with Crippen LogP contribution in [0.25, 0.3) is 11.1 Å². The zero-order chi connectivity index (χ0) is 49.9. The van der Waals surface area contributed by atoms with Crippen LogP contribution in [0.5, 0.6) is 0 Å². The minimum atomic E-state index is 0.896. The molecule has 0 aliphatic heterocycles. The first kappa shape index (κ1) is 64.6. The number of allylic oxidation sites excluding steroid dienone is 2. The fourth-order valence-corrected chi connectivity index (χ4v) is 10.5. The molecular formula is C66H110N2Pd. The van der Waals surface area contributed by atoms with E-state index in [-0.39, 0.29) is 0 Å². The summed E-state index contributed by atoms with van der Waals surface area (Å²) in [6, 6.07) is 18.5. The number of nitrogens with zero attached hydrogens (tertiary/aromatic N) is 2. The van der Waals surface area contributed by atoms with E-state index in [0.29, 0.717) is 0 Å². The van der Waals surface area contributed by atoms with Crippen LogP contribution >= 0.6 is 0 Å². The van der Waals surface area contributed by atoms with Gasteiger partial charge < -0.3 is 5.53 Å². The van der Waals surface area contributed by atoms with E-state index in [1.54, 1.807) is 0 Å². The Labute approximate surface area is 439 Å². The Morgan fingerprint density at radius 2 is 0.899 bits per heavy atom. The van der Waals surface area contributed by atoms with E-state index in [9.17, 15) is 5.53 Å². The van der Waals surface area contributed by atoms with Crippen LogP contribution in [0.3, 0.4) is 0 Å². The number of hydrogen-bond donors (Lipinski definition) is 0. The monoisotopic (exact) mass is 1040 g/mol. The van der Waals surface area contributed by atoms with Gasteiger partial charge in [0.15, 0.2) is 0 Å². The summed E-state index contributed by atoms with van der Waals surface area (Å²) in [5, 5.41) is 0. The second kappa shape index (κ2) is 50.5. The van der Waals surface area contributed by atoms with Gasteiger partial charge in [-0.05, 0) is 91.2 Å². The van der Waals surface area contributed by atoms with E-state index in [4.69, 9.17) is 0 Å². The summed E-state index contributed by atoms with van der Waals surface area (Å²) in [6.07, 6.45) is 51.4. The third-order valence-electron chi connectivity index (χ3n) is 13.8. The number of unbranched alkanes of at least 4 members (excludes halogenated alkanes) is 31. The SMILES string of the molecule is CCCCCCCCCCCCCCCCCCCCCC#CCCCc1ccccc1C(=C(CCCCCCCC)C(=C=[N+]=[N-])CCCCCC)c1cccc(CCCCCC)c1.C[CH2][Pd][CH2]C. The molecule has 394 valence electrons. The van der Waals surface area contributed by atoms with Gasteiger partial charge >= 0.3 is 47.5 Å². The molecule has 2 nitrogen and oxygen atoms in total. The van der Waals surface area contributed by atoms with Crippen molar-refractivity contribution in [3.63, 3.8) is 0 Å². The van der Waals surface area contributed by atoms with Crippen LogP contribution in [0.15, 0.2) is 59.7 Å². The first-order valence-electron chi connectivity index (χ1n) is 29.9. The molecule has 2 aromatic rings. The molecular weight excluding hydrogens is 927 g/mol. The summed E-state index contributed by atoms with van der Waals surface area (Å²) in [7, 11) is 0. The summed E-state index contributed by atoms with van der Waals surface area (Å²) in [5.41, 5.74) is 19.2. The predicted molar refractivity (Wildman–Crippen MR) is 305 cm³/mol. The van der Waals surface area contributed by atoms with Crippen LogP contribution in [0.4, 0.5) is 0 Å².